The van der Waals surface area contributed by atoms with Crippen LogP contribution in [0.5, 0.6) is 0 Å². The van der Waals surface area contributed by atoms with Crippen molar-refractivity contribution in [2.45, 2.75) is 31.8 Å². The number of nitrogens with zero attached hydrogens (tertiary/aromatic N) is 2. The molecule has 2 atom stereocenters. The minimum Gasteiger partial charge on any atom is -0.361 e. The van der Waals surface area contributed by atoms with Crippen molar-refractivity contribution >= 4 is 34.4 Å². The second-order valence-corrected chi connectivity index (χ2v) is 7.94. The van der Waals surface area contributed by atoms with E-state index in [1.54, 1.807) is 4.90 Å². The molecule has 2 aliphatic rings. The first-order valence-corrected chi connectivity index (χ1v) is 10.1. The maximum atomic E-state index is 13.0. The standard InChI is InChI=1S/C23H22N4O3/c1-14-10-15-6-2-5-9-20(15)27(14)21(28)13-26-22(29)19(25-23(26)30)11-16-12-24-18-8-4-3-7-17(16)18/h2-9,12,14,19,24H,10-11,13H2,1H3,(H,25,30)/t14-,19+/m1/s1. The molecule has 2 N–H and O–H groups in total. The summed E-state index contributed by atoms with van der Waals surface area (Å²) in [7, 11) is 0. The minimum absolute atomic E-state index is 0.00214. The summed E-state index contributed by atoms with van der Waals surface area (Å²) in [5.74, 6) is -0.609. The van der Waals surface area contributed by atoms with E-state index >= 15 is 0 Å². The molecule has 1 saturated heterocycles. The molecule has 30 heavy (non-hydrogen) atoms. The summed E-state index contributed by atoms with van der Waals surface area (Å²) in [5, 5.41) is 3.76. The smallest absolute Gasteiger partial charge is 0.325 e. The predicted molar refractivity (Wildman–Crippen MR) is 113 cm³/mol. The number of rotatable bonds is 4. The van der Waals surface area contributed by atoms with Crippen molar-refractivity contribution in [3.8, 4) is 0 Å². The van der Waals surface area contributed by atoms with E-state index in [2.05, 4.69) is 10.3 Å². The quantitative estimate of drug-likeness (QED) is 0.658. The maximum Gasteiger partial charge on any atom is 0.325 e. The van der Waals surface area contributed by atoms with Crippen LogP contribution < -0.4 is 10.2 Å². The van der Waals surface area contributed by atoms with Gasteiger partial charge >= 0.3 is 6.03 Å². The molecule has 2 aromatic carbocycles. The number of aromatic nitrogens is 1. The van der Waals surface area contributed by atoms with Crippen LogP contribution in [0.15, 0.2) is 54.7 Å². The number of para-hydroxylation sites is 2. The number of amides is 4. The zero-order chi connectivity index (χ0) is 20.8. The van der Waals surface area contributed by atoms with Gasteiger partial charge in [-0.1, -0.05) is 36.4 Å². The number of anilines is 1. The SMILES string of the molecule is C[C@@H]1Cc2ccccc2N1C(=O)CN1C(=O)N[C@@H](Cc2c[nH]c3ccccc23)C1=O. The Balaban J connectivity index is 1.32. The van der Waals surface area contributed by atoms with E-state index in [1.807, 2.05) is 61.7 Å². The van der Waals surface area contributed by atoms with E-state index in [9.17, 15) is 14.4 Å². The van der Waals surface area contributed by atoms with Gasteiger partial charge in [-0.2, -0.15) is 0 Å². The summed E-state index contributed by atoms with van der Waals surface area (Å²) >= 11 is 0. The van der Waals surface area contributed by atoms with Crippen LogP contribution in [-0.4, -0.2) is 46.4 Å². The van der Waals surface area contributed by atoms with E-state index < -0.39 is 12.1 Å². The Labute approximate surface area is 173 Å². The van der Waals surface area contributed by atoms with Gasteiger partial charge in [-0.3, -0.25) is 14.5 Å². The number of nitrogens with one attached hydrogen (secondary N) is 2. The fourth-order valence-electron chi connectivity index (χ4n) is 4.54. The summed E-state index contributed by atoms with van der Waals surface area (Å²) in [6.45, 7) is 1.72. The summed E-state index contributed by atoms with van der Waals surface area (Å²) in [5.41, 5.74) is 3.91. The first kappa shape index (κ1) is 18.4. The highest BCUT2D eigenvalue weighted by Gasteiger charge is 2.41. The second-order valence-electron chi connectivity index (χ2n) is 7.94. The van der Waals surface area contributed by atoms with Crippen LogP contribution in [0.2, 0.25) is 0 Å². The Morgan fingerprint density at radius 2 is 1.87 bits per heavy atom. The molecule has 0 unspecified atom stereocenters. The number of urea groups is 1. The Morgan fingerprint density at radius 1 is 1.10 bits per heavy atom. The van der Waals surface area contributed by atoms with Gasteiger partial charge in [0.25, 0.3) is 5.91 Å². The van der Waals surface area contributed by atoms with Gasteiger partial charge in [0.2, 0.25) is 5.91 Å². The van der Waals surface area contributed by atoms with Gasteiger partial charge in [0, 0.05) is 35.2 Å². The van der Waals surface area contributed by atoms with Crippen molar-refractivity contribution < 1.29 is 14.4 Å². The average Bonchev–Trinajstić information content (AvgIpc) is 3.38. The fraction of sp³-hybridized carbons (Fsp3) is 0.261. The molecule has 0 bridgehead atoms. The van der Waals surface area contributed by atoms with Crippen LogP contribution in [0, 0.1) is 0 Å². The van der Waals surface area contributed by atoms with Crippen molar-refractivity contribution in [2.24, 2.45) is 0 Å². The van der Waals surface area contributed by atoms with Crippen LogP contribution >= 0.6 is 0 Å². The summed E-state index contributed by atoms with van der Waals surface area (Å²) in [6.07, 6.45) is 3.01. The van der Waals surface area contributed by atoms with Gasteiger partial charge in [-0.25, -0.2) is 4.79 Å². The summed E-state index contributed by atoms with van der Waals surface area (Å²) in [6, 6.07) is 14.4. The van der Waals surface area contributed by atoms with E-state index in [1.165, 1.54) is 0 Å². The molecule has 4 amide bonds. The van der Waals surface area contributed by atoms with Crippen LogP contribution in [0.1, 0.15) is 18.1 Å². The molecular formula is C23H22N4O3. The van der Waals surface area contributed by atoms with Crippen LogP contribution in [-0.2, 0) is 22.4 Å². The molecule has 2 aliphatic heterocycles. The second kappa shape index (κ2) is 7.02. The Morgan fingerprint density at radius 3 is 2.73 bits per heavy atom. The van der Waals surface area contributed by atoms with E-state index in [0.717, 1.165) is 39.0 Å². The summed E-state index contributed by atoms with van der Waals surface area (Å²) < 4.78 is 0. The first-order chi connectivity index (χ1) is 14.5. The number of carbonyl (C=O) groups is 3. The van der Waals surface area contributed by atoms with Crippen molar-refractivity contribution in [2.75, 3.05) is 11.4 Å². The van der Waals surface area contributed by atoms with Crippen molar-refractivity contribution in [3.63, 3.8) is 0 Å². The highest BCUT2D eigenvalue weighted by molar-refractivity contribution is 6.09. The van der Waals surface area contributed by atoms with Gasteiger partial charge in [-0.05, 0) is 36.6 Å². The van der Waals surface area contributed by atoms with Crippen LogP contribution in [0.3, 0.4) is 0 Å². The van der Waals surface area contributed by atoms with E-state index in [4.69, 9.17) is 0 Å². The van der Waals surface area contributed by atoms with Crippen molar-refractivity contribution in [3.05, 3.63) is 65.9 Å². The van der Waals surface area contributed by atoms with Gasteiger partial charge in [-0.15, -0.1) is 0 Å². The molecule has 152 valence electrons. The maximum absolute atomic E-state index is 13.0. The third kappa shape index (κ3) is 2.94. The predicted octanol–water partition coefficient (Wildman–Crippen LogP) is 2.61. The number of hydrogen-bond donors (Lipinski definition) is 2. The third-order valence-electron chi connectivity index (χ3n) is 5.98. The Bertz CT molecular complexity index is 1170. The lowest BCUT2D eigenvalue weighted by Crippen LogP contribution is -2.45. The fourth-order valence-corrected chi connectivity index (χ4v) is 4.54. The van der Waals surface area contributed by atoms with Crippen molar-refractivity contribution in [1.29, 1.82) is 0 Å². The molecule has 1 fully saturated rings. The van der Waals surface area contributed by atoms with E-state index in [0.29, 0.717) is 6.42 Å². The van der Waals surface area contributed by atoms with Gasteiger partial charge in [0.1, 0.15) is 12.6 Å². The molecular weight excluding hydrogens is 380 g/mol. The zero-order valence-corrected chi connectivity index (χ0v) is 16.6. The molecule has 5 rings (SSSR count). The van der Waals surface area contributed by atoms with Gasteiger partial charge < -0.3 is 15.2 Å². The monoisotopic (exact) mass is 402 g/mol. The van der Waals surface area contributed by atoms with Crippen LogP contribution in [0.25, 0.3) is 10.9 Å². The lowest BCUT2D eigenvalue weighted by atomic mass is 10.1. The molecule has 7 nitrogen and oxygen atoms in total. The molecule has 7 heteroatoms. The number of H-pyrrole nitrogens is 1. The Kier molecular flexibility index (Phi) is 4.31. The number of hydrogen-bond acceptors (Lipinski definition) is 3. The molecule has 0 radical (unpaired) electrons. The third-order valence-corrected chi connectivity index (χ3v) is 5.98. The number of imide groups is 1. The van der Waals surface area contributed by atoms with E-state index in [-0.39, 0.29) is 24.4 Å². The molecule has 0 spiro atoms. The number of fused-ring (bicyclic) bond motifs is 2. The largest absolute Gasteiger partial charge is 0.361 e. The summed E-state index contributed by atoms with van der Waals surface area (Å²) in [4.78, 5) is 44.3. The normalized spacial score (nSPS) is 20.7. The molecule has 0 saturated carbocycles. The average molecular weight is 402 g/mol. The lowest BCUT2D eigenvalue weighted by molar-refractivity contribution is -0.131. The minimum atomic E-state index is -0.673. The van der Waals surface area contributed by atoms with Gasteiger partial charge in [0.15, 0.2) is 0 Å². The Hall–Kier alpha value is -3.61. The molecule has 0 aliphatic carbocycles. The molecule has 1 aromatic heterocycles. The molecule has 3 aromatic rings. The number of carbonyl (C=O) groups excluding carboxylic acids is 3. The van der Waals surface area contributed by atoms with Gasteiger partial charge in [0.05, 0.1) is 0 Å². The first-order valence-electron chi connectivity index (χ1n) is 10.1. The lowest BCUT2D eigenvalue weighted by Gasteiger charge is -2.24. The highest BCUT2D eigenvalue weighted by Crippen LogP contribution is 2.32. The number of aromatic amines is 1. The molecule has 3 heterocycles. The highest BCUT2D eigenvalue weighted by atomic mass is 16.2. The topological polar surface area (TPSA) is 85.5 Å². The van der Waals surface area contributed by atoms with Crippen LogP contribution in [0.4, 0.5) is 10.5 Å². The zero-order valence-electron chi connectivity index (χ0n) is 16.6. The number of benzene rings is 2. The van der Waals surface area contributed by atoms with Crippen molar-refractivity contribution in [1.82, 2.24) is 15.2 Å².